The van der Waals surface area contributed by atoms with Gasteiger partial charge in [0.25, 0.3) is 0 Å². The normalized spacial score (nSPS) is 14.1. The summed E-state index contributed by atoms with van der Waals surface area (Å²) in [4.78, 5) is 29.0. The molecule has 0 unspecified atom stereocenters. The summed E-state index contributed by atoms with van der Waals surface area (Å²) in [5.74, 6) is 0.567. The van der Waals surface area contributed by atoms with Gasteiger partial charge in [-0.05, 0) is 43.5 Å². The maximum absolute atomic E-state index is 14.4. The Bertz CT molecular complexity index is 1110. The molecule has 3 aromatic rings. The molecule has 1 saturated heterocycles. The van der Waals surface area contributed by atoms with Crippen LogP contribution < -0.4 is 4.90 Å². The molecule has 0 atom stereocenters. The van der Waals surface area contributed by atoms with Gasteiger partial charge in [0, 0.05) is 38.3 Å². The van der Waals surface area contributed by atoms with Crippen molar-refractivity contribution >= 4 is 40.5 Å². The lowest BCUT2D eigenvalue weighted by molar-refractivity contribution is -0.128. The van der Waals surface area contributed by atoms with Gasteiger partial charge in [0.1, 0.15) is 5.82 Å². The van der Waals surface area contributed by atoms with E-state index in [-0.39, 0.29) is 17.4 Å². The summed E-state index contributed by atoms with van der Waals surface area (Å²) in [7, 11) is 0. The predicted molar refractivity (Wildman–Crippen MR) is 125 cm³/mol. The number of thiophene rings is 1. The number of hydrogen-bond acceptors (Lipinski definition) is 7. The lowest BCUT2D eigenvalue weighted by Gasteiger charge is -2.36. The number of amides is 1. The fraction of sp³-hybridized carbons (Fsp3) is 0.364. The number of piperazine rings is 1. The molecule has 1 aliphatic rings. The van der Waals surface area contributed by atoms with Gasteiger partial charge in [-0.15, -0.1) is 21.5 Å². The Morgan fingerprint density at radius 1 is 1.16 bits per heavy atom. The van der Waals surface area contributed by atoms with E-state index in [4.69, 9.17) is 0 Å². The zero-order valence-corrected chi connectivity index (χ0v) is 19.6. The fourth-order valence-electron chi connectivity index (χ4n) is 3.67. The highest BCUT2D eigenvalue weighted by Gasteiger charge is 2.24. The lowest BCUT2D eigenvalue weighted by atomic mass is 10.1. The van der Waals surface area contributed by atoms with Crippen molar-refractivity contribution in [2.75, 3.05) is 36.8 Å². The third-order valence-electron chi connectivity index (χ3n) is 5.43. The number of anilines is 1. The average Bonchev–Trinajstić information content (AvgIpc) is 3.47. The Balaban J connectivity index is 1.33. The minimum atomic E-state index is -0.409. The molecule has 1 amide bonds. The first kappa shape index (κ1) is 22.5. The number of benzene rings is 1. The van der Waals surface area contributed by atoms with Crippen LogP contribution in [0.5, 0.6) is 0 Å². The second kappa shape index (κ2) is 9.83. The molecule has 2 aromatic heterocycles. The zero-order valence-electron chi connectivity index (χ0n) is 18.0. The Hall–Kier alpha value is -2.72. The summed E-state index contributed by atoms with van der Waals surface area (Å²) in [5, 5.41) is 11.3. The van der Waals surface area contributed by atoms with E-state index < -0.39 is 5.82 Å². The monoisotopic (exact) mass is 473 g/mol. The van der Waals surface area contributed by atoms with Gasteiger partial charge in [-0.3, -0.25) is 9.59 Å². The summed E-state index contributed by atoms with van der Waals surface area (Å²) in [5.41, 5.74) is 0.827. The highest BCUT2D eigenvalue weighted by atomic mass is 32.2. The van der Waals surface area contributed by atoms with E-state index >= 15 is 0 Å². The molecule has 3 heterocycles. The van der Waals surface area contributed by atoms with Crippen molar-refractivity contribution in [2.24, 2.45) is 0 Å². The number of carbonyl (C=O) groups excluding carboxylic acids is 2. The maximum atomic E-state index is 14.4. The van der Waals surface area contributed by atoms with Crippen molar-refractivity contribution in [1.82, 2.24) is 19.7 Å². The number of hydrogen-bond donors (Lipinski definition) is 0. The molecule has 0 spiro atoms. The molecule has 0 bridgehead atoms. The van der Waals surface area contributed by atoms with Crippen LogP contribution in [-0.4, -0.2) is 63.3 Å². The molecule has 168 valence electrons. The smallest absolute Gasteiger partial charge is 0.233 e. The number of Topliss-reactive ketones (excluding diaryl/α,β-unsaturated/α-hetero) is 1. The van der Waals surface area contributed by atoms with Gasteiger partial charge in [-0.2, -0.15) is 0 Å². The van der Waals surface area contributed by atoms with Gasteiger partial charge < -0.3 is 14.4 Å². The Kier molecular flexibility index (Phi) is 6.90. The minimum absolute atomic E-state index is 0.0328. The molecule has 10 heteroatoms. The van der Waals surface area contributed by atoms with E-state index in [1.807, 2.05) is 33.9 Å². The third kappa shape index (κ3) is 4.71. The number of halogens is 1. The van der Waals surface area contributed by atoms with Crippen LogP contribution in [0.15, 0.2) is 40.9 Å². The first-order chi connectivity index (χ1) is 15.5. The van der Waals surface area contributed by atoms with E-state index in [2.05, 4.69) is 10.2 Å². The number of aromatic nitrogens is 3. The van der Waals surface area contributed by atoms with Gasteiger partial charge in [-0.1, -0.05) is 17.8 Å². The van der Waals surface area contributed by atoms with E-state index in [0.29, 0.717) is 37.4 Å². The number of carbonyl (C=O) groups is 2. The molecular formula is C22H24FN5O2S2. The van der Waals surface area contributed by atoms with Crippen LogP contribution in [0.25, 0.3) is 10.7 Å². The number of rotatable bonds is 7. The maximum Gasteiger partial charge on any atom is 0.233 e. The first-order valence-corrected chi connectivity index (χ1v) is 12.3. The third-order valence-corrected chi connectivity index (χ3v) is 7.24. The van der Waals surface area contributed by atoms with Crippen molar-refractivity contribution in [3.8, 4) is 10.7 Å². The van der Waals surface area contributed by atoms with Crippen molar-refractivity contribution in [3.05, 3.63) is 47.1 Å². The fourth-order valence-corrected chi connectivity index (χ4v) is 5.29. The zero-order chi connectivity index (χ0) is 22.7. The molecule has 1 aromatic carbocycles. The van der Waals surface area contributed by atoms with E-state index in [1.165, 1.54) is 24.8 Å². The summed E-state index contributed by atoms with van der Waals surface area (Å²) in [6.07, 6.45) is 0. The van der Waals surface area contributed by atoms with Crippen LogP contribution in [0, 0.1) is 5.82 Å². The van der Waals surface area contributed by atoms with Gasteiger partial charge in [-0.25, -0.2) is 4.39 Å². The summed E-state index contributed by atoms with van der Waals surface area (Å²) >= 11 is 3.00. The van der Waals surface area contributed by atoms with Crippen molar-refractivity contribution in [1.29, 1.82) is 0 Å². The Morgan fingerprint density at radius 2 is 1.94 bits per heavy atom. The second-order valence-corrected chi connectivity index (χ2v) is 9.30. The molecule has 7 nitrogen and oxygen atoms in total. The minimum Gasteiger partial charge on any atom is -0.366 e. The topological polar surface area (TPSA) is 71.3 Å². The van der Waals surface area contributed by atoms with E-state index in [1.54, 1.807) is 28.4 Å². The highest BCUT2D eigenvalue weighted by molar-refractivity contribution is 7.99. The molecule has 4 rings (SSSR count). The number of nitrogens with zero attached hydrogens (tertiary/aromatic N) is 5. The molecular weight excluding hydrogens is 449 g/mol. The molecule has 32 heavy (non-hydrogen) atoms. The molecule has 1 aliphatic heterocycles. The van der Waals surface area contributed by atoms with Crippen LogP contribution in [-0.2, 0) is 11.3 Å². The van der Waals surface area contributed by atoms with Gasteiger partial charge >= 0.3 is 0 Å². The second-order valence-electron chi connectivity index (χ2n) is 7.41. The van der Waals surface area contributed by atoms with Crippen LogP contribution in [0.3, 0.4) is 0 Å². The Labute approximate surface area is 194 Å². The van der Waals surface area contributed by atoms with Crippen molar-refractivity contribution < 1.29 is 14.0 Å². The number of thioether (sulfide) groups is 1. The summed E-state index contributed by atoms with van der Waals surface area (Å²) in [6, 6.07) is 8.55. The summed E-state index contributed by atoms with van der Waals surface area (Å²) in [6.45, 7) is 6.31. The molecule has 0 saturated carbocycles. The lowest BCUT2D eigenvalue weighted by Crippen LogP contribution is -2.49. The SMILES string of the molecule is CCn1c(SCC(=O)N2CCN(c3ccc(C(C)=O)cc3F)CC2)nnc1-c1cccs1. The van der Waals surface area contributed by atoms with Crippen LogP contribution in [0.1, 0.15) is 24.2 Å². The predicted octanol–water partition coefficient (Wildman–Crippen LogP) is 3.81. The van der Waals surface area contributed by atoms with Crippen molar-refractivity contribution in [2.45, 2.75) is 25.5 Å². The molecule has 0 aliphatic carbocycles. The van der Waals surface area contributed by atoms with Gasteiger partial charge in [0.05, 0.1) is 16.3 Å². The van der Waals surface area contributed by atoms with Crippen LogP contribution in [0.4, 0.5) is 10.1 Å². The Morgan fingerprint density at radius 3 is 2.56 bits per heavy atom. The standard InChI is InChI=1S/C22H24FN5O2S2/c1-3-28-21(19-5-4-12-31-19)24-25-22(28)32-14-20(30)27-10-8-26(9-11-27)18-7-6-16(15(2)29)13-17(18)23/h4-7,12-13H,3,8-11,14H2,1-2H3. The number of ketones is 1. The van der Waals surface area contributed by atoms with Crippen LogP contribution >= 0.6 is 23.1 Å². The van der Waals surface area contributed by atoms with E-state index in [9.17, 15) is 14.0 Å². The largest absolute Gasteiger partial charge is 0.366 e. The van der Waals surface area contributed by atoms with Gasteiger partial charge in [0.15, 0.2) is 16.8 Å². The van der Waals surface area contributed by atoms with Crippen molar-refractivity contribution in [3.63, 3.8) is 0 Å². The average molecular weight is 474 g/mol. The molecule has 1 fully saturated rings. The van der Waals surface area contributed by atoms with Crippen LogP contribution in [0.2, 0.25) is 0 Å². The highest BCUT2D eigenvalue weighted by Crippen LogP contribution is 2.27. The molecule has 0 radical (unpaired) electrons. The van der Waals surface area contributed by atoms with E-state index in [0.717, 1.165) is 22.4 Å². The first-order valence-electron chi connectivity index (χ1n) is 10.4. The quantitative estimate of drug-likeness (QED) is 0.384. The summed E-state index contributed by atoms with van der Waals surface area (Å²) < 4.78 is 16.5. The molecule has 0 N–H and O–H groups in total. The van der Waals surface area contributed by atoms with Gasteiger partial charge in [0.2, 0.25) is 5.91 Å².